The first kappa shape index (κ1) is 9.95. The van der Waals surface area contributed by atoms with Crippen LogP contribution >= 0.6 is 0 Å². The predicted octanol–water partition coefficient (Wildman–Crippen LogP) is 1.88. The van der Waals surface area contributed by atoms with Crippen molar-refractivity contribution in [3.63, 3.8) is 0 Å². The van der Waals surface area contributed by atoms with Crippen molar-refractivity contribution in [3.8, 4) is 0 Å². The van der Waals surface area contributed by atoms with Crippen LogP contribution in [-0.4, -0.2) is 13.0 Å². The molecule has 0 aromatic heterocycles. The second-order valence-corrected chi connectivity index (χ2v) is 4.03. The molecular weight excluding hydrogens is 188 g/mol. The summed E-state index contributed by atoms with van der Waals surface area (Å²) in [5.74, 6) is 0. The van der Waals surface area contributed by atoms with E-state index in [9.17, 15) is 8.42 Å². The van der Waals surface area contributed by atoms with E-state index in [0.717, 1.165) is 0 Å². The molecule has 0 aliphatic heterocycles. The van der Waals surface area contributed by atoms with Crippen LogP contribution in [0, 0.1) is 6.92 Å². The zero-order valence-electron chi connectivity index (χ0n) is 7.19. The largest absolute Gasteiger partial charge is 0.295 e. The van der Waals surface area contributed by atoms with Crippen LogP contribution in [0.15, 0.2) is 29.7 Å². The Kier molecular flexibility index (Phi) is 2.54. The van der Waals surface area contributed by atoms with E-state index >= 15 is 0 Å². The first-order chi connectivity index (χ1) is 5.96. The fraction of sp³-hybridized carbons (Fsp3) is 0.111. The van der Waals surface area contributed by atoms with Crippen molar-refractivity contribution in [1.29, 1.82) is 0 Å². The second kappa shape index (κ2) is 3.32. The third-order valence-electron chi connectivity index (χ3n) is 1.72. The Labute approximate surface area is 77.5 Å². The van der Waals surface area contributed by atoms with Gasteiger partial charge in [-0.2, -0.15) is 8.42 Å². The molecule has 0 atom stereocenters. The Morgan fingerprint density at radius 2 is 2.08 bits per heavy atom. The topological polar surface area (TPSA) is 54.4 Å². The van der Waals surface area contributed by atoms with E-state index in [-0.39, 0.29) is 4.90 Å². The van der Waals surface area contributed by atoms with Crippen LogP contribution in [0.5, 0.6) is 0 Å². The minimum atomic E-state index is -4.15. The van der Waals surface area contributed by atoms with Gasteiger partial charge in [-0.3, -0.25) is 4.55 Å². The Morgan fingerprint density at radius 1 is 1.46 bits per heavy atom. The summed E-state index contributed by atoms with van der Waals surface area (Å²) in [6.45, 7) is 5.09. The van der Waals surface area contributed by atoms with Crippen molar-refractivity contribution in [3.05, 3.63) is 35.9 Å². The minimum absolute atomic E-state index is 0.0648. The molecule has 1 aromatic carbocycles. The molecule has 70 valence electrons. The molecule has 1 N–H and O–H groups in total. The molecule has 0 heterocycles. The Balaban J connectivity index is 3.59. The summed E-state index contributed by atoms with van der Waals surface area (Å²) in [7, 11) is -4.15. The summed E-state index contributed by atoms with van der Waals surface area (Å²) in [5.41, 5.74) is 0.933. The highest BCUT2D eigenvalue weighted by Gasteiger charge is 2.15. The molecule has 0 saturated heterocycles. The van der Waals surface area contributed by atoms with Gasteiger partial charge in [-0.1, -0.05) is 30.9 Å². The van der Waals surface area contributed by atoms with Gasteiger partial charge in [-0.15, -0.1) is 0 Å². The molecule has 0 radical (unpaired) electrons. The Morgan fingerprint density at radius 3 is 2.46 bits per heavy atom. The molecule has 13 heavy (non-hydrogen) atoms. The first-order valence-electron chi connectivity index (χ1n) is 3.66. The van der Waals surface area contributed by atoms with Crippen LogP contribution in [0.2, 0.25) is 0 Å². The first-order valence-corrected chi connectivity index (χ1v) is 5.10. The van der Waals surface area contributed by atoms with Gasteiger partial charge in [0.2, 0.25) is 0 Å². The summed E-state index contributed by atoms with van der Waals surface area (Å²) in [4.78, 5) is -0.0648. The van der Waals surface area contributed by atoms with Gasteiger partial charge in [0, 0.05) is 0 Å². The maximum atomic E-state index is 10.9. The Hall–Kier alpha value is -1.13. The molecular formula is C9H10O3S. The highest BCUT2D eigenvalue weighted by molar-refractivity contribution is 7.86. The number of benzene rings is 1. The lowest BCUT2D eigenvalue weighted by Crippen LogP contribution is -2.03. The quantitative estimate of drug-likeness (QED) is 0.738. The summed E-state index contributed by atoms with van der Waals surface area (Å²) in [6, 6.07) is 4.92. The summed E-state index contributed by atoms with van der Waals surface area (Å²) in [6.07, 6.45) is 1.40. The maximum Gasteiger partial charge on any atom is 0.295 e. The fourth-order valence-electron chi connectivity index (χ4n) is 1.19. The van der Waals surface area contributed by atoms with E-state index in [4.69, 9.17) is 4.55 Å². The molecule has 0 fully saturated rings. The van der Waals surface area contributed by atoms with Gasteiger partial charge in [0.25, 0.3) is 10.1 Å². The van der Waals surface area contributed by atoms with E-state index < -0.39 is 10.1 Å². The zero-order valence-corrected chi connectivity index (χ0v) is 8.00. The van der Waals surface area contributed by atoms with Crippen molar-refractivity contribution in [2.24, 2.45) is 0 Å². The molecule has 0 unspecified atom stereocenters. The Bertz CT molecular complexity index is 432. The molecule has 0 aliphatic rings. The summed E-state index contributed by atoms with van der Waals surface area (Å²) >= 11 is 0. The highest BCUT2D eigenvalue weighted by Crippen LogP contribution is 2.20. The smallest absolute Gasteiger partial charge is 0.282 e. The van der Waals surface area contributed by atoms with Crippen molar-refractivity contribution < 1.29 is 13.0 Å². The normalized spacial score (nSPS) is 11.2. The molecule has 0 bridgehead atoms. The van der Waals surface area contributed by atoms with Gasteiger partial charge in [0.15, 0.2) is 0 Å². The van der Waals surface area contributed by atoms with Crippen LogP contribution in [0.4, 0.5) is 0 Å². The van der Waals surface area contributed by atoms with Crippen LogP contribution in [0.25, 0.3) is 6.08 Å². The number of hydrogen-bond donors (Lipinski definition) is 1. The zero-order chi connectivity index (χ0) is 10.1. The summed E-state index contributed by atoms with van der Waals surface area (Å²) in [5, 5.41) is 0. The van der Waals surface area contributed by atoms with Gasteiger partial charge in [-0.05, 0) is 18.1 Å². The number of hydrogen-bond acceptors (Lipinski definition) is 2. The van der Waals surface area contributed by atoms with E-state index in [1.165, 1.54) is 6.08 Å². The van der Waals surface area contributed by atoms with Gasteiger partial charge in [0.1, 0.15) is 4.90 Å². The molecule has 1 rings (SSSR count). The van der Waals surface area contributed by atoms with E-state index in [1.54, 1.807) is 25.1 Å². The SMILES string of the molecule is C=Cc1cccc(C)c1S(=O)(=O)O. The monoisotopic (exact) mass is 198 g/mol. The molecule has 0 saturated carbocycles. The molecule has 3 nitrogen and oxygen atoms in total. The average molecular weight is 198 g/mol. The standard InChI is InChI=1S/C9H10O3S/c1-3-8-6-4-5-7(2)9(8)13(10,11)12/h3-6H,1H2,2H3,(H,10,11,12). The average Bonchev–Trinajstić information content (AvgIpc) is 2.01. The van der Waals surface area contributed by atoms with Crippen molar-refractivity contribution in [2.75, 3.05) is 0 Å². The molecule has 0 spiro atoms. The van der Waals surface area contributed by atoms with Crippen LogP contribution in [0.1, 0.15) is 11.1 Å². The van der Waals surface area contributed by atoms with Gasteiger partial charge < -0.3 is 0 Å². The lowest BCUT2D eigenvalue weighted by atomic mass is 10.1. The molecule has 0 aliphatic carbocycles. The lowest BCUT2D eigenvalue weighted by molar-refractivity contribution is 0.482. The minimum Gasteiger partial charge on any atom is -0.282 e. The predicted molar refractivity (Wildman–Crippen MR) is 51.1 cm³/mol. The maximum absolute atomic E-state index is 10.9. The highest BCUT2D eigenvalue weighted by atomic mass is 32.2. The number of rotatable bonds is 2. The molecule has 1 aromatic rings. The van der Waals surface area contributed by atoms with Crippen molar-refractivity contribution >= 4 is 16.2 Å². The van der Waals surface area contributed by atoms with Crippen LogP contribution in [-0.2, 0) is 10.1 Å². The molecule has 0 amide bonds. The third-order valence-corrected chi connectivity index (χ3v) is 2.79. The number of aryl methyl sites for hydroxylation is 1. The van der Waals surface area contributed by atoms with E-state index in [0.29, 0.717) is 11.1 Å². The molecule has 4 heteroatoms. The van der Waals surface area contributed by atoms with Gasteiger partial charge in [0.05, 0.1) is 0 Å². The van der Waals surface area contributed by atoms with Crippen molar-refractivity contribution in [1.82, 2.24) is 0 Å². The van der Waals surface area contributed by atoms with Crippen LogP contribution < -0.4 is 0 Å². The van der Waals surface area contributed by atoms with Crippen LogP contribution in [0.3, 0.4) is 0 Å². The van der Waals surface area contributed by atoms with Crippen molar-refractivity contribution in [2.45, 2.75) is 11.8 Å². The fourth-order valence-corrected chi connectivity index (χ4v) is 2.11. The summed E-state index contributed by atoms with van der Waals surface area (Å²) < 4.78 is 30.8. The van der Waals surface area contributed by atoms with E-state index in [2.05, 4.69) is 6.58 Å². The third kappa shape index (κ3) is 1.96. The second-order valence-electron chi connectivity index (χ2n) is 2.67. The lowest BCUT2D eigenvalue weighted by Gasteiger charge is -2.05. The van der Waals surface area contributed by atoms with Gasteiger partial charge in [-0.25, -0.2) is 0 Å². The van der Waals surface area contributed by atoms with E-state index in [1.807, 2.05) is 0 Å². The van der Waals surface area contributed by atoms with Gasteiger partial charge >= 0.3 is 0 Å².